The van der Waals surface area contributed by atoms with Crippen molar-refractivity contribution in [2.45, 2.75) is 123 Å². The number of hydrogen-bond donors (Lipinski definition) is 2. The van der Waals surface area contributed by atoms with Crippen molar-refractivity contribution >= 4 is 12.2 Å². The van der Waals surface area contributed by atoms with Gasteiger partial charge in [-0.15, -0.1) is 0 Å². The number of H-pyrrole nitrogens is 2. The number of rotatable bonds is 5. The highest BCUT2D eigenvalue weighted by molar-refractivity contribution is 5.80. The van der Waals surface area contributed by atoms with Crippen molar-refractivity contribution in [1.82, 2.24) is 29.7 Å². The zero-order valence-electron chi connectivity index (χ0n) is 32.5. The van der Waals surface area contributed by atoms with E-state index in [0.29, 0.717) is 36.8 Å². The molecule has 8 rings (SSSR count). The highest BCUT2D eigenvalue weighted by atomic mass is 16.6. The lowest BCUT2D eigenvalue weighted by molar-refractivity contribution is 0.0204. The molecule has 0 radical (unpaired) electrons. The van der Waals surface area contributed by atoms with Crippen LogP contribution in [0.2, 0.25) is 0 Å². The Morgan fingerprint density at radius 3 is 1.62 bits per heavy atom. The Kier molecular flexibility index (Phi) is 8.73. The summed E-state index contributed by atoms with van der Waals surface area (Å²) in [5, 5.41) is 0. The lowest BCUT2D eigenvalue weighted by Crippen LogP contribution is -2.37. The van der Waals surface area contributed by atoms with E-state index >= 15 is 0 Å². The molecule has 4 aromatic rings. The topological polar surface area (TPSA) is 116 Å². The third kappa shape index (κ3) is 6.85. The summed E-state index contributed by atoms with van der Waals surface area (Å²) in [7, 11) is 0. The SMILES string of the molecule is CC1CC(c2ncc(-c3ccc(-c4ccc(-c5cnc([C@@H]6C[C@H](C)CN6C(=O)OC(C)(C)C)[nH]5)c5c4C4CCC5C4)cc3)[nH]2)N(C(=O)OC(C)(C)C)C1. The number of imidazole rings is 2. The molecule has 2 aliphatic carbocycles. The largest absolute Gasteiger partial charge is 0.444 e. The summed E-state index contributed by atoms with van der Waals surface area (Å²) in [6.07, 6.45) is 8.61. The minimum Gasteiger partial charge on any atom is -0.444 e. The van der Waals surface area contributed by atoms with Gasteiger partial charge in [0, 0.05) is 18.7 Å². The van der Waals surface area contributed by atoms with Crippen LogP contribution in [0, 0.1) is 11.8 Å². The molecule has 2 aromatic heterocycles. The average Bonchev–Trinajstić information content (AvgIpc) is 3.94. The third-order valence-corrected chi connectivity index (χ3v) is 11.4. The molecule has 2 N–H and O–H groups in total. The fourth-order valence-corrected chi connectivity index (χ4v) is 9.29. The lowest BCUT2D eigenvalue weighted by atomic mass is 9.82. The molecule has 2 bridgehead atoms. The Balaban J connectivity index is 1.04. The van der Waals surface area contributed by atoms with Crippen LogP contribution in [-0.4, -0.2) is 66.2 Å². The van der Waals surface area contributed by atoms with Crippen LogP contribution < -0.4 is 0 Å². The molecule has 4 unspecified atom stereocenters. The highest BCUT2D eigenvalue weighted by Crippen LogP contribution is 2.58. The molecular weight excluding hydrogens is 665 g/mol. The van der Waals surface area contributed by atoms with Gasteiger partial charge in [0.05, 0.1) is 35.9 Å². The van der Waals surface area contributed by atoms with E-state index in [2.05, 4.69) is 60.2 Å². The van der Waals surface area contributed by atoms with Crippen LogP contribution in [0.3, 0.4) is 0 Å². The zero-order chi connectivity index (χ0) is 37.4. The second-order valence-corrected chi connectivity index (χ2v) is 18.1. The maximum atomic E-state index is 13.2. The fourth-order valence-electron chi connectivity index (χ4n) is 9.29. The van der Waals surface area contributed by atoms with Crippen LogP contribution in [0.5, 0.6) is 0 Å². The number of carbonyl (C=O) groups excluding carboxylic acids is 2. The normalized spacial score (nSPS) is 25.3. The lowest BCUT2D eigenvalue weighted by Gasteiger charge is -2.27. The van der Waals surface area contributed by atoms with Gasteiger partial charge < -0.3 is 19.4 Å². The molecular formula is C43H54N6O4. The zero-order valence-corrected chi connectivity index (χ0v) is 32.5. The van der Waals surface area contributed by atoms with E-state index in [4.69, 9.17) is 19.4 Å². The van der Waals surface area contributed by atoms with Crippen LogP contribution in [0.4, 0.5) is 9.59 Å². The maximum absolute atomic E-state index is 13.2. The predicted octanol–water partition coefficient (Wildman–Crippen LogP) is 10.1. The van der Waals surface area contributed by atoms with E-state index in [1.807, 2.05) is 63.7 Å². The van der Waals surface area contributed by atoms with Gasteiger partial charge >= 0.3 is 12.2 Å². The number of benzene rings is 2. The Labute approximate surface area is 313 Å². The summed E-state index contributed by atoms with van der Waals surface area (Å²) in [6, 6.07) is 13.1. The molecule has 280 valence electrons. The van der Waals surface area contributed by atoms with Crippen molar-refractivity contribution in [2.24, 2.45) is 11.8 Å². The number of ether oxygens (including phenoxy) is 2. The second-order valence-electron chi connectivity index (χ2n) is 18.1. The summed E-state index contributed by atoms with van der Waals surface area (Å²) in [6.45, 7) is 17.1. The number of hydrogen-bond acceptors (Lipinski definition) is 6. The Bertz CT molecular complexity index is 2020. The highest BCUT2D eigenvalue weighted by Gasteiger charge is 2.42. The number of nitrogens with zero attached hydrogens (tertiary/aromatic N) is 4. The summed E-state index contributed by atoms with van der Waals surface area (Å²) in [4.78, 5) is 46.7. The molecule has 1 saturated carbocycles. The molecule has 4 aliphatic rings. The number of fused-ring (bicyclic) bond motifs is 5. The first kappa shape index (κ1) is 35.4. The number of nitrogens with one attached hydrogen (secondary N) is 2. The summed E-state index contributed by atoms with van der Waals surface area (Å²) in [5.41, 5.74) is 8.61. The number of aromatic amines is 2. The molecule has 2 aromatic carbocycles. The Morgan fingerprint density at radius 1 is 0.642 bits per heavy atom. The van der Waals surface area contributed by atoms with Crippen LogP contribution >= 0.6 is 0 Å². The third-order valence-electron chi connectivity index (χ3n) is 11.4. The molecule has 4 heterocycles. The van der Waals surface area contributed by atoms with Gasteiger partial charge in [-0.1, -0.05) is 50.2 Å². The van der Waals surface area contributed by atoms with E-state index in [0.717, 1.165) is 41.4 Å². The molecule has 6 atom stereocenters. The molecule has 3 fully saturated rings. The van der Waals surface area contributed by atoms with Crippen LogP contribution in [0.15, 0.2) is 48.8 Å². The van der Waals surface area contributed by atoms with Crippen molar-refractivity contribution in [1.29, 1.82) is 0 Å². The fraction of sp³-hybridized carbons (Fsp3) is 0.535. The van der Waals surface area contributed by atoms with E-state index in [9.17, 15) is 9.59 Å². The molecule has 2 amide bonds. The standard InChI is InChI=1S/C43H54N6O4/c1-24-17-34(48(22-24)40(50)52-42(3,4)5)38-44-20-32(46-38)27-11-9-26(10-12-27)30-15-16-31(37-29-14-13-28(19-29)36(30)37)33-21-45-39(47-33)35-18-25(2)23-49(35)41(51)53-43(6,7)8/h9-12,15-16,20-21,24-25,28-29,34-35H,13-14,17-19,22-23H2,1-8H3,(H,44,46)(H,45,47)/t24?,25-,28?,29?,34?,35-/m0/s1. The molecule has 2 aliphatic heterocycles. The van der Waals surface area contributed by atoms with Gasteiger partial charge in [-0.05, 0) is 125 Å². The first-order chi connectivity index (χ1) is 25.1. The number of amides is 2. The van der Waals surface area contributed by atoms with E-state index in [1.165, 1.54) is 47.1 Å². The Hall–Kier alpha value is -4.60. The quantitative estimate of drug-likeness (QED) is 0.212. The van der Waals surface area contributed by atoms with E-state index in [1.54, 1.807) is 0 Å². The van der Waals surface area contributed by atoms with Gasteiger partial charge in [-0.3, -0.25) is 9.80 Å². The molecule has 10 heteroatoms. The number of likely N-dealkylation sites (tertiary alicyclic amines) is 2. The van der Waals surface area contributed by atoms with Crippen molar-refractivity contribution in [3.8, 4) is 33.6 Å². The van der Waals surface area contributed by atoms with Crippen LogP contribution in [-0.2, 0) is 9.47 Å². The van der Waals surface area contributed by atoms with Crippen molar-refractivity contribution in [3.05, 3.63) is 71.6 Å². The number of aromatic nitrogens is 4. The minimum absolute atomic E-state index is 0.132. The van der Waals surface area contributed by atoms with Crippen molar-refractivity contribution in [2.75, 3.05) is 13.1 Å². The van der Waals surface area contributed by atoms with Crippen LogP contribution in [0.1, 0.15) is 134 Å². The monoisotopic (exact) mass is 718 g/mol. The maximum Gasteiger partial charge on any atom is 0.410 e. The molecule has 53 heavy (non-hydrogen) atoms. The summed E-state index contributed by atoms with van der Waals surface area (Å²) < 4.78 is 11.5. The first-order valence-electron chi connectivity index (χ1n) is 19.5. The average molecular weight is 719 g/mol. The minimum atomic E-state index is -0.548. The van der Waals surface area contributed by atoms with Crippen LogP contribution in [0.25, 0.3) is 33.6 Å². The number of carbonyl (C=O) groups is 2. The van der Waals surface area contributed by atoms with E-state index in [-0.39, 0.29) is 24.3 Å². The Morgan fingerprint density at radius 2 is 1.09 bits per heavy atom. The van der Waals surface area contributed by atoms with Gasteiger partial charge in [-0.25, -0.2) is 19.6 Å². The van der Waals surface area contributed by atoms with Gasteiger partial charge in [0.2, 0.25) is 0 Å². The molecule has 10 nitrogen and oxygen atoms in total. The van der Waals surface area contributed by atoms with Crippen molar-refractivity contribution < 1.29 is 19.1 Å². The smallest absolute Gasteiger partial charge is 0.410 e. The van der Waals surface area contributed by atoms with Gasteiger partial charge in [0.1, 0.15) is 22.9 Å². The second kappa shape index (κ2) is 13.1. The van der Waals surface area contributed by atoms with Gasteiger partial charge in [0.25, 0.3) is 0 Å². The van der Waals surface area contributed by atoms with Crippen molar-refractivity contribution in [3.63, 3.8) is 0 Å². The first-order valence-corrected chi connectivity index (χ1v) is 19.5. The van der Waals surface area contributed by atoms with Gasteiger partial charge in [-0.2, -0.15) is 0 Å². The van der Waals surface area contributed by atoms with Gasteiger partial charge in [0.15, 0.2) is 0 Å². The van der Waals surface area contributed by atoms with E-state index < -0.39 is 11.2 Å². The molecule has 0 spiro atoms. The summed E-state index contributed by atoms with van der Waals surface area (Å²) in [5.74, 6) is 3.46. The predicted molar refractivity (Wildman–Crippen MR) is 205 cm³/mol. The summed E-state index contributed by atoms with van der Waals surface area (Å²) >= 11 is 0. The molecule has 2 saturated heterocycles.